The molecule has 1 unspecified atom stereocenters. The Morgan fingerprint density at radius 3 is 3.00 bits per heavy atom. The first-order valence-corrected chi connectivity index (χ1v) is 7.92. The van der Waals surface area contributed by atoms with Gasteiger partial charge in [0.25, 0.3) is 0 Å². The highest BCUT2D eigenvalue weighted by atomic mass is 79.9. The molecule has 1 atom stereocenters. The summed E-state index contributed by atoms with van der Waals surface area (Å²) in [6.07, 6.45) is 3.68. The third kappa shape index (κ3) is 2.09. The largest absolute Gasteiger partial charge is 0.302 e. The lowest BCUT2D eigenvalue weighted by Gasteiger charge is -2.13. The van der Waals surface area contributed by atoms with Crippen molar-refractivity contribution in [2.75, 3.05) is 0 Å². The molecule has 3 aromatic rings. The number of pyridine rings is 1. The Labute approximate surface area is 134 Å². The Bertz CT molecular complexity index is 859. The van der Waals surface area contributed by atoms with Crippen molar-refractivity contribution in [1.29, 1.82) is 0 Å². The molecule has 0 aliphatic heterocycles. The van der Waals surface area contributed by atoms with E-state index in [4.69, 9.17) is 11.6 Å². The predicted octanol–water partition coefficient (Wildman–Crippen LogP) is 4.97. The second-order valence-electron chi connectivity index (χ2n) is 5.29. The fourth-order valence-electron chi connectivity index (χ4n) is 3.13. The number of rotatable bonds is 1. The molecule has 2 heterocycles. The Kier molecular flexibility index (Phi) is 3.05. The van der Waals surface area contributed by atoms with E-state index in [1.165, 1.54) is 11.6 Å². The molecule has 1 aliphatic carbocycles. The predicted molar refractivity (Wildman–Crippen MR) is 84.5 cm³/mol. The molecule has 1 aliphatic rings. The summed E-state index contributed by atoms with van der Waals surface area (Å²) in [5, 5.41) is 0.738. The summed E-state index contributed by atoms with van der Waals surface area (Å²) in [4.78, 5) is 4.56. The highest BCUT2D eigenvalue weighted by Crippen LogP contribution is 2.39. The Hall–Kier alpha value is -1.39. The first-order valence-electron chi connectivity index (χ1n) is 6.75. The van der Waals surface area contributed by atoms with Crippen LogP contribution in [0.5, 0.6) is 0 Å². The van der Waals surface area contributed by atoms with Gasteiger partial charge in [-0.25, -0.2) is 9.37 Å². The molecular weight excluding hydrogens is 355 g/mol. The summed E-state index contributed by atoms with van der Waals surface area (Å²) >= 11 is 9.36. The molecule has 106 valence electrons. The van der Waals surface area contributed by atoms with Crippen LogP contribution >= 0.6 is 27.5 Å². The third-order valence-electron chi connectivity index (χ3n) is 4.03. The molecule has 0 fully saturated rings. The van der Waals surface area contributed by atoms with Gasteiger partial charge in [-0.05, 0) is 46.5 Å². The standard InChI is InChI=1S/C16H11BrClFN2/c17-12-8-21-15(7-13(12)19)20-14-5-4-11(16(14)21)9-2-1-3-10(18)6-9/h1-3,6-8,11H,4-5H2. The van der Waals surface area contributed by atoms with Crippen molar-refractivity contribution in [3.8, 4) is 0 Å². The number of hydrogen-bond acceptors (Lipinski definition) is 1. The Morgan fingerprint density at radius 2 is 2.19 bits per heavy atom. The van der Waals surface area contributed by atoms with E-state index in [-0.39, 0.29) is 11.7 Å². The number of fused-ring (bicyclic) bond motifs is 3. The minimum atomic E-state index is -0.287. The highest BCUT2D eigenvalue weighted by Gasteiger charge is 2.29. The van der Waals surface area contributed by atoms with Gasteiger partial charge in [-0.2, -0.15) is 0 Å². The molecule has 0 radical (unpaired) electrons. The minimum absolute atomic E-state index is 0.256. The SMILES string of the molecule is Fc1cc2nc3c(n2cc1Br)C(c1cccc(Cl)c1)CC3. The number of aromatic nitrogens is 2. The van der Waals surface area contributed by atoms with Gasteiger partial charge < -0.3 is 4.40 Å². The number of hydrogen-bond donors (Lipinski definition) is 0. The lowest BCUT2D eigenvalue weighted by molar-refractivity contribution is 0.618. The first kappa shape index (κ1) is 13.3. The average molecular weight is 366 g/mol. The van der Waals surface area contributed by atoms with Crippen LogP contribution in [-0.4, -0.2) is 9.38 Å². The zero-order valence-corrected chi connectivity index (χ0v) is 13.3. The maximum atomic E-state index is 13.7. The first-order chi connectivity index (χ1) is 10.1. The van der Waals surface area contributed by atoms with Gasteiger partial charge >= 0.3 is 0 Å². The summed E-state index contributed by atoms with van der Waals surface area (Å²) in [5.74, 6) is -0.0310. The van der Waals surface area contributed by atoms with Crippen LogP contribution in [0.4, 0.5) is 4.39 Å². The van der Waals surface area contributed by atoms with Crippen LogP contribution in [-0.2, 0) is 6.42 Å². The van der Waals surface area contributed by atoms with Crippen molar-refractivity contribution in [3.05, 3.63) is 68.8 Å². The maximum Gasteiger partial charge on any atom is 0.142 e. The molecule has 0 saturated carbocycles. The van der Waals surface area contributed by atoms with Gasteiger partial charge in [0.1, 0.15) is 11.5 Å². The molecule has 0 bridgehead atoms. The van der Waals surface area contributed by atoms with Crippen LogP contribution in [0.15, 0.2) is 41.0 Å². The molecule has 0 saturated heterocycles. The van der Waals surface area contributed by atoms with Gasteiger partial charge in [0.2, 0.25) is 0 Å². The number of benzene rings is 1. The van der Waals surface area contributed by atoms with Crippen molar-refractivity contribution in [2.45, 2.75) is 18.8 Å². The topological polar surface area (TPSA) is 17.3 Å². The third-order valence-corrected chi connectivity index (χ3v) is 4.85. The van der Waals surface area contributed by atoms with E-state index in [1.807, 2.05) is 22.6 Å². The van der Waals surface area contributed by atoms with Gasteiger partial charge in [0.15, 0.2) is 0 Å². The van der Waals surface area contributed by atoms with Crippen LogP contribution in [0.25, 0.3) is 5.65 Å². The van der Waals surface area contributed by atoms with Gasteiger partial charge in [-0.15, -0.1) is 0 Å². The quantitative estimate of drug-likeness (QED) is 0.595. The number of nitrogens with zero attached hydrogens (tertiary/aromatic N) is 2. The lowest BCUT2D eigenvalue weighted by Crippen LogP contribution is -2.01. The van der Waals surface area contributed by atoms with Crippen LogP contribution in [0, 0.1) is 5.82 Å². The molecule has 0 spiro atoms. The number of halogens is 3. The molecule has 21 heavy (non-hydrogen) atoms. The second-order valence-corrected chi connectivity index (χ2v) is 6.58. The normalized spacial score (nSPS) is 17.4. The van der Waals surface area contributed by atoms with Crippen molar-refractivity contribution in [2.24, 2.45) is 0 Å². The smallest absolute Gasteiger partial charge is 0.142 e. The maximum absolute atomic E-state index is 13.7. The summed E-state index contributed by atoms with van der Waals surface area (Å²) in [7, 11) is 0. The monoisotopic (exact) mass is 364 g/mol. The Morgan fingerprint density at radius 1 is 1.33 bits per heavy atom. The van der Waals surface area contributed by atoms with Gasteiger partial charge in [-0.1, -0.05) is 23.7 Å². The zero-order chi connectivity index (χ0) is 14.6. The molecular formula is C16H11BrClFN2. The van der Waals surface area contributed by atoms with E-state index in [1.54, 1.807) is 6.20 Å². The van der Waals surface area contributed by atoms with Crippen molar-refractivity contribution in [3.63, 3.8) is 0 Å². The van der Waals surface area contributed by atoms with Crippen LogP contribution in [0.1, 0.15) is 29.3 Å². The van der Waals surface area contributed by atoms with E-state index in [0.29, 0.717) is 10.1 Å². The molecule has 0 N–H and O–H groups in total. The van der Waals surface area contributed by atoms with E-state index in [2.05, 4.69) is 27.0 Å². The van der Waals surface area contributed by atoms with Crippen LogP contribution in [0.2, 0.25) is 5.02 Å². The van der Waals surface area contributed by atoms with Crippen molar-refractivity contribution >= 4 is 33.2 Å². The van der Waals surface area contributed by atoms with Gasteiger partial charge in [0, 0.05) is 23.2 Å². The average Bonchev–Trinajstić information content (AvgIpc) is 2.99. The molecule has 0 amide bonds. The van der Waals surface area contributed by atoms with Gasteiger partial charge in [-0.3, -0.25) is 0 Å². The zero-order valence-electron chi connectivity index (χ0n) is 11.0. The molecule has 1 aromatic carbocycles. The fraction of sp³-hybridized carbons (Fsp3) is 0.188. The summed E-state index contributed by atoms with van der Waals surface area (Å²) in [6, 6.07) is 9.40. The minimum Gasteiger partial charge on any atom is -0.302 e. The second kappa shape index (κ2) is 4.82. The molecule has 2 nitrogen and oxygen atoms in total. The highest BCUT2D eigenvalue weighted by molar-refractivity contribution is 9.10. The van der Waals surface area contributed by atoms with Crippen molar-refractivity contribution in [1.82, 2.24) is 9.38 Å². The van der Waals surface area contributed by atoms with E-state index >= 15 is 0 Å². The summed E-state index contributed by atoms with van der Waals surface area (Å²) in [5.41, 5.74) is 4.04. The Balaban J connectivity index is 1.92. The van der Waals surface area contributed by atoms with Crippen LogP contribution < -0.4 is 0 Å². The van der Waals surface area contributed by atoms with E-state index in [9.17, 15) is 4.39 Å². The molecule has 4 rings (SSSR count). The number of aryl methyl sites for hydroxylation is 1. The van der Waals surface area contributed by atoms with Crippen LogP contribution in [0.3, 0.4) is 0 Å². The fourth-order valence-corrected chi connectivity index (χ4v) is 3.64. The van der Waals surface area contributed by atoms with E-state index < -0.39 is 0 Å². The lowest BCUT2D eigenvalue weighted by atomic mass is 9.97. The summed E-state index contributed by atoms with van der Waals surface area (Å²) < 4.78 is 16.1. The van der Waals surface area contributed by atoms with E-state index in [0.717, 1.165) is 29.3 Å². The molecule has 2 aromatic heterocycles. The van der Waals surface area contributed by atoms with Crippen molar-refractivity contribution < 1.29 is 4.39 Å². The number of imidazole rings is 1. The van der Waals surface area contributed by atoms with Gasteiger partial charge in [0.05, 0.1) is 15.9 Å². The summed E-state index contributed by atoms with van der Waals surface area (Å²) in [6.45, 7) is 0. The molecule has 5 heteroatoms.